The third kappa shape index (κ3) is 4.88. The number of nitrogens with zero attached hydrogens (tertiary/aromatic N) is 3. The molecule has 1 aliphatic heterocycles. The number of hydrogen-bond acceptors (Lipinski definition) is 7. The van der Waals surface area contributed by atoms with Gasteiger partial charge in [0.1, 0.15) is 5.75 Å². The van der Waals surface area contributed by atoms with Crippen LogP contribution in [0.1, 0.15) is 44.4 Å². The van der Waals surface area contributed by atoms with Crippen molar-refractivity contribution in [3.05, 3.63) is 30.2 Å². The minimum atomic E-state index is -0.331. The summed E-state index contributed by atoms with van der Waals surface area (Å²) in [6, 6.07) is 7.48. The number of esters is 1. The van der Waals surface area contributed by atoms with Crippen LogP contribution in [-0.2, 0) is 14.3 Å². The van der Waals surface area contributed by atoms with Crippen LogP contribution in [0.2, 0.25) is 0 Å². The minimum absolute atomic E-state index is 0.0176. The number of amides is 1. The zero-order valence-electron chi connectivity index (χ0n) is 16.2. The molecular weight excluding hydrogens is 362 g/mol. The topological polar surface area (TPSA) is 94.8 Å². The number of likely N-dealkylation sites (tertiary alicyclic amines) is 1. The zero-order chi connectivity index (χ0) is 19.9. The molecule has 150 valence electrons. The largest absolute Gasteiger partial charge is 0.497 e. The van der Waals surface area contributed by atoms with Crippen LogP contribution in [0.25, 0.3) is 11.4 Å². The van der Waals surface area contributed by atoms with E-state index in [2.05, 4.69) is 10.1 Å². The first-order valence-corrected chi connectivity index (χ1v) is 9.52. The molecule has 0 spiro atoms. The Morgan fingerprint density at radius 3 is 2.54 bits per heavy atom. The Kier molecular flexibility index (Phi) is 6.62. The zero-order valence-corrected chi connectivity index (χ0v) is 16.2. The second-order valence-corrected chi connectivity index (χ2v) is 6.64. The van der Waals surface area contributed by atoms with Crippen LogP contribution in [0.3, 0.4) is 0 Å². The summed E-state index contributed by atoms with van der Waals surface area (Å²) in [4.78, 5) is 30.0. The van der Waals surface area contributed by atoms with Crippen molar-refractivity contribution in [3.8, 4) is 17.1 Å². The molecule has 1 aromatic carbocycles. The predicted octanol–water partition coefficient (Wildman–Crippen LogP) is 2.79. The van der Waals surface area contributed by atoms with Gasteiger partial charge in [0.15, 0.2) is 0 Å². The Morgan fingerprint density at radius 1 is 1.18 bits per heavy atom. The third-order valence-corrected chi connectivity index (χ3v) is 4.84. The van der Waals surface area contributed by atoms with Crippen molar-refractivity contribution >= 4 is 11.9 Å². The quantitative estimate of drug-likeness (QED) is 0.674. The highest BCUT2D eigenvalue weighted by molar-refractivity contribution is 5.81. The van der Waals surface area contributed by atoms with Crippen molar-refractivity contribution in [1.29, 1.82) is 0 Å². The van der Waals surface area contributed by atoms with Crippen LogP contribution in [0.5, 0.6) is 5.75 Å². The molecule has 2 heterocycles. The van der Waals surface area contributed by atoms with Crippen LogP contribution in [-0.4, -0.2) is 53.7 Å². The Bertz CT molecular complexity index is 794. The van der Waals surface area contributed by atoms with Gasteiger partial charge >= 0.3 is 5.97 Å². The molecule has 0 saturated carbocycles. The van der Waals surface area contributed by atoms with Gasteiger partial charge in [-0.15, -0.1) is 0 Å². The minimum Gasteiger partial charge on any atom is -0.497 e. The molecule has 1 aliphatic rings. The number of piperidine rings is 1. The normalized spacial score (nSPS) is 14.7. The molecule has 0 radical (unpaired) electrons. The van der Waals surface area contributed by atoms with Gasteiger partial charge in [0, 0.05) is 31.0 Å². The van der Waals surface area contributed by atoms with Gasteiger partial charge < -0.3 is 18.9 Å². The van der Waals surface area contributed by atoms with Gasteiger partial charge in [0.25, 0.3) is 0 Å². The maximum Gasteiger partial charge on any atom is 0.306 e. The van der Waals surface area contributed by atoms with Gasteiger partial charge in [-0.3, -0.25) is 9.59 Å². The number of hydrogen-bond donors (Lipinski definition) is 0. The number of methoxy groups -OCH3 is 1. The standard InChI is InChI=1S/C20H25N3O5/c1-3-27-18(25)9-8-17(24)23-12-10-15(11-13-23)20-21-19(22-28-20)14-4-6-16(26-2)7-5-14/h4-7,15H,3,8-13H2,1-2H3. The first-order chi connectivity index (χ1) is 13.6. The SMILES string of the molecule is CCOC(=O)CCC(=O)N1CCC(c2nc(-c3ccc(OC)cc3)no2)CC1. The molecule has 8 heteroatoms. The average molecular weight is 387 g/mol. The maximum atomic E-state index is 12.2. The smallest absolute Gasteiger partial charge is 0.306 e. The summed E-state index contributed by atoms with van der Waals surface area (Å²) < 4.78 is 15.5. The Labute approximate surface area is 163 Å². The summed E-state index contributed by atoms with van der Waals surface area (Å²) >= 11 is 0. The van der Waals surface area contributed by atoms with E-state index in [0.29, 0.717) is 31.4 Å². The highest BCUT2D eigenvalue weighted by Crippen LogP contribution is 2.29. The molecule has 2 aromatic rings. The van der Waals surface area contributed by atoms with E-state index in [9.17, 15) is 9.59 Å². The fourth-order valence-corrected chi connectivity index (χ4v) is 3.23. The second-order valence-electron chi connectivity index (χ2n) is 6.64. The molecule has 0 atom stereocenters. The van der Waals surface area contributed by atoms with Gasteiger partial charge in [-0.05, 0) is 44.0 Å². The lowest BCUT2D eigenvalue weighted by Crippen LogP contribution is -2.38. The highest BCUT2D eigenvalue weighted by Gasteiger charge is 2.27. The van der Waals surface area contributed by atoms with Crippen LogP contribution in [0.4, 0.5) is 0 Å². The molecule has 1 saturated heterocycles. The summed E-state index contributed by atoms with van der Waals surface area (Å²) in [5, 5.41) is 4.08. The Hall–Kier alpha value is -2.90. The van der Waals surface area contributed by atoms with Gasteiger partial charge in [0.05, 0.1) is 20.1 Å². The van der Waals surface area contributed by atoms with Crippen molar-refractivity contribution in [3.63, 3.8) is 0 Å². The van der Waals surface area contributed by atoms with Gasteiger partial charge in [-0.2, -0.15) is 4.98 Å². The molecule has 8 nitrogen and oxygen atoms in total. The number of aromatic nitrogens is 2. The Balaban J connectivity index is 1.51. The molecule has 28 heavy (non-hydrogen) atoms. The maximum absolute atomic E-state index is 12.2. The van der Waals surface area contributed by atoms with E-state index >= 15 is 0 Å². The van der Waals surface area contributed by atoms with Gasteiger partial charge in [-0.1, -0.05) is 5.16 Å². The summed E-state index contributed by atoms with van der Waals surface area (Å²) in [5.41, 5.74) is 0.863. The summed E-state index contributed by atoms with van der Waals surface area (Å²) in [7, 11) is 1.62. The van der Waals surface area contributed by atoms with E-state index in [1.807, 2.05) is 24.3 Å². The summed E-state index contributed by atoms with van der Waals surface area (Å²) in [6.07, 6.45) is 1.83. The number of carbonyl (C=O) groups is 2. The number of rotatable bonds is 7. The molecule has 3 rings (SSSR count). The molecule has 0 bridgehead atoms. The van der Waals surface area contributed by atoms with E-state index in [4.69, 9.17) is 14.0 Å². The molecular formula is C20H25N3O5. The molecule has 1 amide bonds. The highest BCUT2D eigenvalue weighted by atomic mass is 16.5. The van der Waals surface area contributed by atoms with E-state index in [0.717, 1.165) is 24.2 Å². The Morgan fingerprint density at radius 2 is 1.89 bits per heavy atom. The van der Waals surface area contributed by atoms with E-state index < -0.39 is 0 Å². The van der Waals surface area contributed by atoms with E-state index in [1.54, 1.807) is 18.9 Å². The fraction of sp³-hybridized carbons (Fsp3) is 0.500. The van der Waals surface area contributed by atoms with Crippen LogP contribution in [0.15, 0.2) is 28.8 Å². The van der Waals surface area contributed by atoms with E-state index in [-0.39, 0.29) is 30.6 Å². The molecule has 1 fully saturated rings. The predicted molar refractivity (Wildman–Crippen MR) is 101 cm³/mol. The number of ether oxygens (including phenoxy) is 2. The van der Waals surface area contributed by atoms with Crippen molar-refractivity contribution in [2.24, 2.45) is 0 Å². The summed E-state index contributed by atoms with van der Waals surface area (Å²) in [6.45, 7) is 3.32. The molecule has 1 aromatic heterocycles. The average Bonchev–Trinajstić information content (AvgIpc) is 3.22. The van der Waals surface area contributed by atoms with Crippen molar-refractivity contribution < 1.29 is 23.6 Å². The third-order valence-electron chi connectivity index (χ3n) is 4.84. The fourth-order valence-electron chi connectivity index (χ4n) is 3.23. The first-order valence-electron chi connectivity index (χ1n) is 9.52. The van der Waals surface area contributed by atoms with Crippen molar-refractivity contribution in [2.45, 2.75) is 38.5 Å². The first kappa shape index (κ1) is 19.9. The van der Waals surface area contributed by atoms with Crippen molar-refractivity contribution in [2.75, 3.05) is 26.8 Å². The number of carbonyl (C=O) groups excluding carboxylic acids is 2. The summed E-state index contributed by atoms with van der Waals surface area (Å²) in [5.74, 6) is 1.70. The second kappa shape index (κ2) is 9.34. The van der Waals surface area contributed by atoms with Gasteiger partial charge in [-0.25, -0.2) is 0 Å². The monoisotopic (exact) mass is 387 g/mol. The van der Waals surface area contributed by atoms with Crippen LogP contribution in [0, 0.1) is 0 Å². The van der Waals surface area contributed by atoms with Crippen LogP contribution < -0.4 is 4.74 Å². The molecule has 0 aliphatic carbocycles. The lowest BCUT2D eigenvalue weighted by atomic mass is 9.96. The lowest BCUT2D eigenvalue weighted by molar-refractivity contribution is -0.145. The number of benzene rings is 1. The molecule has 0 unspecified atom stereocenters. The van der Waals surface area contributed by atoms with Gasteiger partial charge in [0.2, 0.25) is 17.6 Å². The van der Waals surface area contributed by atoms with E-state index in [1.165, 1.54) is 0 Å². The van der Waals surface area contributed by atoms with Crippen molar-refractivity contribution in [1.82, 2.24) is 15.0 Å². The molecule has 0 N–H and O–H groups in total. The van der Waals surface area contributed by atoms with Crippen LogP contribution >= 0.6 is 0 Å². The lowest BCUT2D eigenvalue weighted by Gasteiger charge is -2.30.